The van der Waals surface area contributed by atoms with E-state index in [2.05, 4.69) is 21.9 Å². The van der Waals surface area contributed by atoms with Crippen molar-refractivity contribution < 1.29 is 14.3 Å². The lowest BCUT2D eigenvalue weighted by atomic mass is 9.97. The van der Waals surface area contributed by atoms with Gasteiger partial charge in [-0.15, -0.1) is 11.3 Å². The van der Waals surface area contributed by atoms with Crippen LogP contribution in [0.15, 0.2) is 36.7 Å². The molecule has 7 heteroatoms. The van der Waals surface area contributed by atoms with Gasteiger partial charge in [-0.1, -0.05) is 26.0 Å². The lowest BCUT2D eigenvalue weighted by Gasteiger charge is -2.14. The van der Waals surface area contributed by atoms with E-state index in [0.717, 1.165) is 45.3 Å². The van der Waals surface area contributed by atoms with Crippen LogP contribution in [0.25, 0.3) is 10.8 Å². The molecule has 0 aliphatic rings. The number of hydrogen-bond acceptors (Lipinski definition) is 7. The lowest BCUT2D eigenvalue weighted by Crippen LogP contribution is -2.19. The summed E-state index contributed by atoms with van der Waals surface area (Å²) in [5.41, 5.74) is 3.13. The second kappa shape index (κ2) is 11.0. The largest absolute Gasteiger partial charge is 0.488 e. The molecule has 164 valence electrons. The summed E-state index contributed by atoms with van der Waals surface area (Å²) < 4.78 is 11.1. The van der Waals surface area contributed by atoms with Crippen molar-refractivity contribution in [2.45, 2.75) is 53.6 Å². The number of nitrogens with zero attached hydrogens (tertiary/aromatic N) is 3. The molecule has 0 amide bonds. The average Bonchev–Trinajstić information content (AvgIpc) is 3.17. The number of hydrogen-bond donors (Lipinski definition) is 0. The monoisotopic (exact) mass is 439 g/mol. The Hall–Kier alpha value is -2.80. The maximum atomic E-state index is 12.0. The van der Waals surface area contributed by atoms with Crippen molar-refractivity contribution in [3.63, 3.8) is 0 Å². The van der Waals surface area contributed by atoms with Gasteiger partial charge in [-0.3, -0.25) is 4.79 Å². The van der Waals surface area contributed by atoms with Crippen LogP contribution in [0.2, 0.25) is 0 Å². The summed E-state index contributed by atoms with van der Waals surface area (Å²) in [4.78, 5) is 26.5. The van der Waals surface area contributed by atoms with E-state index in [4.69, 9.17) is 9.47 Å². The zero-order valence-corrected chi connectivity index (χ0v) is 19.4. The Morgan fingerprint density at radius 2 is 1.77 bits per heavy atom. The van der Waals surface area contributed by atoms with E-state index >= 15 is 0 Å². The minimum Gasteiger partial charge on any atom is -0.488 e. The average molecular weight is 440 g/mol. The third kappa shape index (κ3) is 6.10. The molecule has 6 nitrogen and oxygen atoms in total. The zero-order valence-electron chi connectivity index (χ0n) is 18.6. The van der Waals surface area contributed by atoms with Crippen molar-refractivity contribution in [1.82, 2.24) is 15.0 Å². The van der Waals surface area contributed by atoms with Crippen LogP contribution in [0.4, 0.5) is 0 Å². The summed E-state index contributed by atoms with van der Waals surface area (Å²) in [6.45, 7) is 8.75. The number of thiazole rings is 1. The highest BCUT2D eigenvalue weighted by Crippen LogP contribution is 2.27. The SMILES string of the molecule is CCOC(=O)C(CC)Cc1ccc(OCc2sc(-c3ncc(CC)cn3)nc2C)cc1. The molecule has 0 fully saturated rings. The standard InChI is InChI=1S/C24H29N3O3S/c1-5-17-13-25-22(26-14-17)23-27-16(4)21(31-23)15-30-20-10-8-18(9-11-20)12-19(6-2)24(28)29-7-3/h8-11,13-14,19H,5-7,12,15H2,1-4H3. The normalized spacial score (nSPS) is 11.9. The maximum absolute atomic E-state index is 12.0. The molecule has 31 heavy (non-hydrogen) atoms. The van der Waals surface area contributed by atoms with Gasteiger partial charge in [-0.05, 0) is 56.4 Å². The van der Waals surface area contributed by atoms with Gasteiger partial charge in [0.1, 0.15) is 12.4 Å². The fraction of sp³-hybridized carbons (Fsp3) is 0.417. The molecule has 2 heterocycles. The van der Waals surface area contributed by atoms with Crippen LogP contribution in [0.1, 0.15) is 48.9 Å². The molecule has 2 aromatic heterocycles. The number of rotatable bonds is 10. The zero-order chi connectivity index (χ0) is 22.2. The highest BCUT2D eigenvalue weighted by Gasteiger charge is 2.18. The number of benzene rings is 1. The summed E-state index contributed by atoms with van der Waals surface area (Å²) in [5.74, 6) is 1.19. The van der Waals surface area contributed by atoms with Crippen LogP contribution in [-0.2, 0) is 29.0 Å². The predicted molar refractivity (Wildman–Crippen MR) is 122 cm³/mol. The summed E-state index contributed by atoms with van der Waals surface area (Å²) >= 11 is 1.56. The van der Waals surface area contributed by atoms with E-state index in [-0.39, 0.29) is 11.9 Å². The Morgan fingerprint density at radius 3 is 2.39 bits per heavy atom. The second-order valence-electron chi connectivity index (χ2n) is 7.29. The molecule has 0 spiro atoms. The Bertz CT molecular complexity index is 984. The van der Waals surface area contributed by atoms with Crippen molar-refractivity contribution in [1.29, 1.82) is 0 Å². The highest BCUT2D eigenvalue weighted by atomic mass is 32.1. The number of esters is 1. The molecule has 1 unspecified atom stereocenters. The second-order valence-corrected chi connectivity index (χ2v) is 8.37. The minimum absolute atomic E-state index is 0.112. The first-order valence-corrected chi connectivity index (χ1v) is 11.5. The van der Waals surface area contributed by atoms with Gasteiger partial charge < -0.3 is 9.47 Å². The van der Waals surface area contributed by atoms with E-state index in [0.29, 0.717) is 25.5 Å². The highest BCUT2D eigenvalue weighted by molar-refractivity contribution is 7.15. The van der Waals surface area contributed by atoms with Crippen LogP contribution >= 0.6 is 11.3 Å². The predicted octanol–water partition coefficient (Wildman–Crippen LogP) is 5.18. The van der Waals surface area contributed by atoms with Gasteiger partial charge in [-0.2, -0.15) is 0 Å². The fourth-order valence-corrected chi connectivity index (χ4v) is 4.04. The first-order valence-electron chi connectivity index (χ1n) is 10.7. The van der Waals surface area contributed by atoms with E-state index in [1.807, 2.05) is 57.4 Å². The Kier molecular flexibility index (Phi) is 8.12. The molecule has 0 saturated carbocycles. The molecular formula is C24H29N3O3S. The van der Waals surface area contributed by atoms with E-state index in [9.17, 15) is 4.79 Å². The number of aryl methyl sites for hydroxylation is 2. The van der Waals surface area contributed by atoms with Crippen molar-refractivity contribution in [3.05, 3.63) is 58.4 Å². The molecule has 0 bridgehead atoms. The molecule has 0 radical (unpaired) electrons. The lowest BCUT2D eigenvalue weighted by molar-refractivity contribution is -0.148. The molecule has 0 saturated heterocycles. The van der Waals surface area contributed by atoms with Crippen LogP contribution in [0, 0.1) is 12.8 Å². The van der Waals surface area contributed by atoms with Gasteiger partial charge in [0.05, 0.1) is 23.1 Å². The van der Waals surface area contributed by atoms with Crippen molar-refractivity contribution in [3.8, 4) is 16.6 Å². The number of carbonyl (C=O) groups is 1. The van der Waals surface area contributed by atoms with Crippen LogP contribution < -0.4 is 4.74 Å². The summed E-state index contributed by atoms with van der Waals surface area (Å²) in [6, 6.07) is 7.89. The number of aromatic nitrogens is 3. The summed E-state index contributed by atoms with van der Waals surface area (Å²) in [6.07, 6.45) is 6.04. The van der Waals surface area contributed by atoms with Crippen molar-refractivity contribution >= 4 is 17.3 Å². The number of carbonyl (C=O) groups excluding carboxylic acids is 1. The van der Waals surface area contributed by atoms with Gasteiger partial charge in [0.25, 0.3) is 0 Å². The first-order chi connectivity index (χ1) is 15.0. The third-order valence-corrected chi connectivity index (χ3v) is 6.21. The van der Waals surface area contributed by atoms with E-state index < -0.39 is 0 Å². The number of ether oxygens (including phenoxy) is 2. The van der Waals surface area contributed by atoms with Gasteiger partial charge in [0.15, 0.2) is 10.8 Å². The van der Waals surface area contributed by atoms with E-state index in [1.54, 1.807) is 11.3 Å². The minimum atomic E-state index is -0.130. The van der Waals surface area contributed by atoms with Crippen molar-refractivity contribution in [2.24, 2.45) is 5.92 Å². The molecule has 1 atom stereocenters. The Labute approximate surface area is 187 Å². The van der Waals surface area contributed by atoms with Crippen molar-refractivity contribution in [2.75, 3.05) is 6.61 Å². The molecule has 3 aromatic rings. The molecule has 0 aliphatic heterocycles. The van der Waals surface area contributed by atoms with Gasteiger partial charge >= 0.3 is 5.97 Å². The first kappa shape index (κ1) is 22.9. The third-order valence-electron chi connectivity index (χ3n) is 5.09. The molecule has 0 N–H and O–H groups in total. The van der Waals surface area contributed by atoms with Crippen LogP contribution in [0.5, 0.6) is 5.75 Å². The molecule has 0 aliphatic carbocycles. The Balaban J connectivity index is 1.60. The van der Waals surface area contributed by atoms with E-state index in [1.165, 1.54) is 0 Å². The fourth-order valence-electron chi connectivity index (χ4n) is 3.11. The van der Waals surface area contributed by atoms with Gasteiger partial charge in [-0.25, -0.2) is 15.0 Å². The molecular weight excluding hydrogens is 410 g/mol. The van der Waals surface area contributed by atoms with Gasteiger partial charge in [0, 0.05) is 12.4 Å². The topological polar surface area (TPSA) is 74.2 Å². The summed E-state index contributed by atoms with van der Waals surface area (Å²) in [7, 11) is 0. The molecule has 1 aromatic carbocycles. The van der Waals surface area contributed by atoms with Crippen LogP contribution in [0.3, 0.4) is 0 Å². The Morgan fingerprint density at radius 1 is 1.06 bits per heavy atom. The quantitative estimate of drug-likeness (QED) is 0.405. The smallest absolute Gasteiger partial charge is 0.309 e. The molecule has 3 rings (SSSR count). The maximum Gasteiger partial charge on any atom is 0.309 e. The van der Waals surface area contributed by atoms with Crippen LogP contribution in [-0.4, -0.2) is 27.5 Å². The van der Waals surface area contributed by atoms with Gasteiger partial charge in [0.2, 0.25) is 0 Å². The summed E-state index contributed by atoms with van der Waals surface area (Å²) in [5, 5.41) is 0.804.